The van der Waals surface area contributed by atoms with Crippen LogP contribution in [0.3, 0.4) is 0 Å². The minimum absolute atomic E-state index is 0.00120. The Morgan fingerprint density at radius 2 is 2.00 bits per heavy atom. The van der Waals surface area contributed by atoms with Gasteiger partial charge in [0.25, 0.3) is 5.91 Å². The second kappa shape index (κ2) is 6.74. The van der Waals surface area contributed by atoms with Crippen LogP contribution in [0, 0.1) is 12.8 Å². The van der Waals surface area contributed by atoms with E-state index in [1.165, 1.54) is 11.1 Å². The number of anilines is 1. The Morgan fingerprint density at radius 3 is 2.75 bits per heavy atom. The lowest BCUT2D eigenvalue weighted by Crippen LogP contribution is -2.20. The molecule has 1 saturated carbocycles. The third kappa shape index (κ3) is 3.74. The summed E-state index contributed by atoms with van der Waals surface area (Å²) in [6.45, 7) is 1.89. The lowest BCUT2D eigenvalue weighted by molar-refractivity contribution is -0.120. The summed E-state index contributed by atoms with van der Waals surface area (Å²) in [6.07, 6.45) is 0.870. The number of benzene rings is 2. The lowest BCUT2D eigenvalue weighted by atomic mass is 10.0. The summed E-state index contributed by atoms with van der Waals surface area (Å²) in [5, 5.41) is 2.92. The number of nitrogens with one attached hydrogen (secondary N) is 1. The first-order valence-corrected chi connectivity index (χ1v) is 7.92. The molecule has 0 bridgehead atoms. The molecule has 1 aliphatic rings. The van der Waals surface area contributed by atoms with Crippen LogP contribution in [-0.2, 0) is 9.59 Å². The van der Waals surface area contributed by atoms with Gasteiger partial charge in [-0.1, -0.05) is 30.3 Å². The SMILES string of the molecule is Cc1ccccc1[C@H]1C[C@H]1C(=O)Nc1cccc(OCC(N)=O)c1. The predicted octanol–water partition coefficient (Wildman–Crippen LogP) is 2.60. The van der Waals surface area contributed by atoms with E-state index in [2.05, 4.69) is 24.4 Å². The maximum Gasteiger partial charge on any atom is 0.255 e. The van der Waals surface area contributed by atoms with Crippen molar-refractivity contribution in [1.82, 2.24) is 0 Å². The van der Waals surface area contributed by atoms with Crippen molar-refractivity contribution in [3.05, 3.63) is 59.7 Å². The summed E-state index contributed by atoms with van der Waals surface area (Å²) in [7, 11) is 0. The van der Waals surface area contributed by atoms with Gasteiger partial charge in [-0.25, -0.2) is 0 Å². The second-order valence-corrected chi connectivity index (χ2v) is 6.08. The number of ether oxygens (including phenoxy) is 1. The zero-order valence-corrected chi connectivity index (χ0v) is 13.5. The van der Waals surface area contributed by atoms with Crippen molar-refractivity contribution in [3.63, 3.8) is 0 Å². The van der Waals surface area contributed by atoms with Gasteiger partial charge in [-0.2, -0.15) is 0 Å². The molecule has 1 fully saturated rings. The Morgan fingerprint density at radius 1 is 1.21 bits per heavy atom. The first-order valence-electron chi connectivity index (χ1n) is 7.92. The summed E-state index contributed by atoms with van der Waals surface area (Å²) in [5.74, 6) is 0.262. The normalized spacial score (nSPS) is 18.7. The van der Waals surface area contributed by atoms with E-state index in [0.29, 0.717) is 17.4 Å². The summed E-state index contributed by atoms with van der Waals surface area (Å²) in [4.78, 5) is 23.2. The van der Waals surface area contributed by atoms with Crippen molar-refractivity contribution < 1.29 is 14.3 Å². The van der Waals surface area contributed by atoms with Crippen LogP contribution in [0.15, 0.2) is 48.5 Å². The highest BCUT2D eigenvalue weighted by Gasteiger charge is 2.44. The summed E-state index contributed by atoms with van der Waals surface area (Å²) < 4.78 is 5.25. The van der Waals surface area contributed by atoms with E-state index in [1.807, 2.05) is 12.1 Å². The molecule has 24 heavy (non-hydrogen) atoms. The molecule has 2 aromatic rings. The highest BCUT2D eigenvalue weighted by molar-refractivity contribution is 5.95. The van der Waals surface area contributed by atoms with Crippen LogP contribution in [0.5, 0.6) is 5.75 Å². The fourth-order valence-corrected chi connectivity index (χ4v) is 2.88. The summed E-state index contributed by atoms with van der Waals surface area (Å²) in [5.41, 5.74) is 8.17. The van der Waals surface area contributed by atoms with Gasteiger partial charge in [-0.3, -0.25) is 9.59 Å². The molecule has 0 radical (unpaired) electrons. The molecule has 2 aromatic carbocycles. The molecular weight excluding hydrogens is 304 g/mol. The molecule has 0 aromatic heterocycles. The van der Waals surface area contributed by atoms with Crippen molar-refractivity contribution in [2.24, 2.45) is 11.7 Å². The van der Waals surface area contributed by atoms with E-state index < -0.39 is 5.91 Å². The van der Waals surface area contributed by atoms with E-state index >= 15 is 0 Å². The van der Waals surface area contributed by atoms with E-state index in [4.69, 9.17) is 10.5 Å². The van der Waals surface area contributed by atoms with Crippen LogP contribution in [0.4, 0.5) is 5.69 Å². The Balaban J connectivity index is 1.61. The van der Waals surface area contributed by atoms with Crippen LogP contribution in [0.1, 0.15) is 23.5 Å². The number of hydrogen-bond acceptors (Lipinski definition) is 3. The average molecular weight is 324 g/mol. The molecule has 3 N–H and O–H groups in total. The van der Waals surface area contributed by atoms with E-state index in [0.717, 1.165) is 6.42 Å². The molecular formula is C19H20N2O3. The molecule has 0 unspecified atom stereocenters. The van der Waals surface area contributed by atoms with Gasteiger partial charge in [0.2, 0.25) is 5.91 Å². The van der Waals surface area contributed by atoms with Crippen molar-refractivity contribution in [2.75, 3.05) is 11.9 Å². The van der Waals surface area contributed by atoms with Crippen molar-refractivity contribution >= 4 is 17.5 Å². The maximum absolute atomic E-state index is 12.4. The number of hydrogen-bond donors (Lipinski definition) is 2. The van der Waals surface area contributed by atoms with Crippen LogP contribution in [0.25, 0.3) is 0 Å². The molecule has 5 nitrogen and oxygen atoms in total. The van der Waals surface area contributed by atoms with Crippen molar-refractivity contribution in [3.8, 4) is 5.75 Å². The summed E-state index contributed by atoms with van der Waals surface area (Å²) in [6, 6.07) is 15.1. The molecule has 0 saturated heterocycles. The van der Waals surface area contributed by atoms with E-state index in [1.54, 1.807) is 24.3 Å². The second-order valence-electron chi connectivity index (χ2n) is 6.08. The topological polar surface area (TPSA) is 81.4 Å². The molecule has 0 spiro atoms. The minimum Gasteiger partial charge on any atom is -0.484 e. The molecule has 1 aliphatic carbocycles. The quantitative estimate of drug-likeness (QED) is 0.857. The van der Waals surface area contributed by atoms with Gasteiger partial charge in [0, 0.05) is 17.7 Å². The molecule has 124 valence electrons. The predicted molar refractivity (Wildman–Crippen MR) is 91.8 cm³/mol. The number of primary amides is 1. The highest BCUT2D eigenvalue weighted by Crippen LogP contribution is 2.48. The van der Waals surface area contributed by atoms with Gasteiger partial charge in [-0.05, 0) is 42.5 Å². The number of nitrogens with two attached hydrogens (primary N) is 1. The Labute approximate surface area is 140 Å². The fourth-order valence-electron chi connectivity index (χ4n) is 2.88. The van der Waals surface area contributed by atoms with Crippen molar-refractivity contribution in [1.29, 1.82) is 0 Å². The standard InChI is InChI=1S/C19H20N2O3/c1-12-5-2-3-8-15(12)16-10-17(16)19(23)21-13-6-4-7-14(9-13)24-11-18(20)22/h2-9,16-17H,10-11H2,1H3,(H2,20,22)(H,21,23)/t16-,17-/m1/s1. The van der Waals surface area contributed by atoms with Gasteiger partial charge in [0.1, 0.15) is 5.75 Å². The molecule has 2 amide bonds. The van der Waals surface area contributed by atoms with Crippen LogP contribution in [-0.4, -0.2) is 18.4 Å². The number of carbonyl (C=O) groups is 2. The summed E-state index contributed by atoms with van der Waals surface area (Å²) >= 11 is 0. The Bertz CT molecular complexity index is 773. The van der Waals surface area contributed by atoms with Crippen LogP contribution < -0.4 is 15.8 Å². The zero-order chi connectivity index (χ0) is 17.1. The van der Waals surface area contributed by atoms with Crippen molar-refractivity contribution in [2.45, 2.75) is 19.3 Å². The van der Waals surface area contributed by atoms with Gasteiger partial charge in [-0.15, -0.1) is 0 Å². The molecule has 0 aliphatic heterocycles. The number of carbonyl (C=O) groups excluding carboxylic acids is 2. The van der Waals surface area contributed by atoms with Gasteiger partial charge >= 0.3 is 0 Å². The first kappa shape index (κ1) is 16.1. The minimum atomic E-state index is -0.538. The lowest BCUT2D eigenvalue weighted by Gasteiger charge is -2.09. The van der Waals surface area contributed by atoms with Gasteiger partial charge < -0.3 is 15.8 Å². The molecule has 2 atom stereocenters. The maximum atomic E-state index is 12.4. The molecule has 5 heteroatoms. The third-order valence-electron chi connectivity index (χ3n) is 4.20. The van der Waals surface area contributed by atoms with E-state index in [-0.39, 0.29) is 18.4 Å². The molecule has 3 rings (SSSR count). The Kier molecular flexibility index (Phi) is 4.51. The number of amides is 2. The first-order chi connectivity index (χ1) is 11.5. The number of rotatable bonds is 6. The average Bonchev–Trinajstić information content (AvgIpc) is 3.34. The largest absolute Gasteiger partial charge is 0.484 e. The number of aryl methyl sites for hydroxylation is 1. The monoisotopic (exact) mass is 324 g/mol. The smallest absolute Gasteiger partial charge is 0.255 e. The highest BCUT2D eigenvalue weighted by atomic mass is 16.5. The zero-order valence-electron chi connectivity index (χ0n) is 13.5. The van der Waals surface area contributed by atoms with Crippen LogP contribution in [0.2, 0.25) is 0 Å². The Hall–Kier alpha value is -2.82. The van der Waals surface area contributed by atoms with Crippen LogP contribution >= 0.6 is 0 Å². The third-order valence-corrected chi connectivity index (χ3v) is 4.20. The fraction of sp³-hybridized carbons (Fsp3) is 0.263. The molecule has 0 heterocycles. The van der Waals surface area contributed by atoms with Gasteiger partial charge in [0.15, 0.2) is 6.61 Å². The van der Waals surface area contributed by atoms with Gasteiger partial charge in [0.05, 0.1) is 0 Å². The van der Waals surface area contributed by atoms with E-state index in [9.17, 15) is 9.59 Å².